The topological polar surface area (TPSA) is 17.8 Å². The maximum absolute atomic E-state index is 4.32. The van der Waals surface area contributed by atoms with Gasteiger partial charge in [-0.3, -0.25) is 0 Å². The van der Waals surface area contributed by atoms with E-state index in [0.29, 0.717) is 0 Å². The van der Waals surface area contributed by atoms with Crippen molar-refractivity contribution in [3.05, 3.63) is 78.8 Å². The number of rotatable bonds is 3. The standard InChI is InChI=1S/C16H13N2/c1-3-7-14(8-4-1)11-18-12-16(17-13-18)15-9-5-2-6-10-15/h1-10,12H,11H2. The zero-order chi connectivity index (χ0) is 12.2. The number of nitrogens with zero attached hydrogens (tertiary/aromatic N) is 2. The summed E-state index contributed by atoms with van der Waals surface area (Å²) in [5, 5.41) is 0. The molecule has 1 aromatic heterocycles. The Morgan fingerprint density at radius 2 is 1.56 bits per heavy atom. The van der Waals surface area contributed by atoms with Crippen molar-refractivity contribution in [1.29, 1.82) is 0 Å². The molecule has 0 spiro atoms. The fourth-order valence-electron chi connectivity index (χ4n) is 1.93. The van der Waals surface area contributed by atoms with Crippen LogP contribution < -0.4 is 0 Å². The summed E-state index contributed by atoms with van der Waals surface area (Å²) in [6.07, 6.45) is 5.05. The Bertz CT molecular complexity index is 612. The fraction of sp³-hybridized carbons (Fsp3) is 0.0625. The van der Waals surface area contributed by atoms with Gasteiger partial charge in [0.1, 0.15) is 0 Å². The van der Waals surface area contributed by atoms with Crippen LogP contribution in [0.4, 0.5) is 0 Å². The van der Waals surface area contributed by atoms with Crippen molar-refractivity contribution in [2.45, 2.75) is 6.54 Å². The molecule has 2 aromatic carbocycles. The van der Waals surface area contributed by atoms with Crippen molar-refractivity contribution in [2.75, 3.05) is 0 Å². The van der Waals surface area contributed by atoms with Gasteiger partial charge in [-0.25, -0.2) is 4.98 Å². The first-order valence-corrected chi connectivity index (χ1v) is 5.96. The molecule has 0 aliphatic carbocycles. The van der Waals surface area contributed by atoms with Crippen LogP contribution in [0.25, 0.3) is 11.3 Å². The predicted molar refractivity (Wildman–Crippen MR) is 72.0 cm³/mol. The molecule has 0 amide bonds. The molecule has 0 N–H and O–H groups in total. The highest BCUT2D eigenvalue weighted by Gasteiger charge is 2.02. The van der Waals surface area contributed by atoms with E-state index in [1.165, 1.54) is 5.56 Å². The molecule has 0 unspecified atom stereocenters. The van der Waals surface area contributed by atoms with Gasteiger partial charge in [-0.1, -0.05) is 60.7 Å². The highest BCUT2D eigenvalue weighted by atomic mass is 15.0. The van der Waals surface area contributed by atoms with E-state index in [9.17, 15) is 0 Å². The molecule has 0 aliphatic rings. The molecule has 0 fully saturated rings. The fourth-order valence-corrected chi connectivity index (χ4v) is 1.93. The SMILES string of the molecule is [c]1nc(-c2ccccc2)cn1Cc1ccccc1. The lowest BCUT2D eigenvalue weighted by molar-refractivity contribution is 0.790. The Hall–Kier alpha value is -2.35. The molecule has 0 aliphatic heterocycles. The van der Waals surface area contributed by atoms with Crippen molar-refractivity contribution in [2.24, 2.45) is 0 Å². The smallest absolute Gasteiger partial charge is 0.177 e. The summed E-state index contributed by atoms with van der Waals surface area (Å²) in [4.78, 5) is 4.32. The van der Waals surface area contributed by atoms with Crippen molar-refractivity contribution < 1.29 is 0 Å². The van der Waals surface area contributed by atoms with Crippen molar-refractivity contribution in [1.82, 2.24) is 9.55 Å². The predicted octanol–water partition coefficient (Wildman–Crippen LogP) is 3.40. The van der Waals surface area contributed by atoms with E-state index in [0.717, 1.165) is 17.8 Å². The molecule has 2 heteroatoms. The zero-order valence-electron chi connectivity index (χ0n) is 9.95. The van der Waals surface area contributed by atoms with E-state index in [4.69, 9.17) is 0 Å². The van der Waals surface area contributed by atoms with Gasteiger partial charge in [0.15, 0.2) is 6.33 Å². The van der Waals surface area contributed by atoms with Gasteiger partial charge >= 0.3 is 0 Å². The van der Waals surface area contributed by atoms with E-state index in [1.54, 1.807) is 0 Å². The van der Waals surface area contributed by atoms with Gasteiger partial charge in [0.05, 0.1) is 5.69 Å². The third-order valence-corrected chi connectivity index (χ3v) is 2.84. The first-order valence-electron chi connectivity index (χ1n) is 5.96. The Kier molecular flexibility index (Phi) is 2.92. The summed E-state index contributed by atoms with van der Waals surface area (Å²) in [5.41, 5.74) is 3.35. The summed E-state index contributed by atoms with van der Waals surface area (Å²) in [6, 6.07) is 20.5. The van der Waals surface area contributed by atoms with E-state index in [1.807, 2.05) is 47.2 Å². The minimum absolute atomic E-state index is 0.806. The quantitative estimate of drug-likeness (QED) is 0.678. The van der Waals surface area contributed by atoms with Crippen molar-refractivity contribution in [3.8, 4) is 11.3 Å². The van der Waals surface area contributed by atoms with Gasteiger partial charge in [-0.2, -0.15) is 0 Å². The zero-order valence-corrected chi connectivity index (χ0v) is 9.95. The molecule has 0 atom stereocenters. The Morgan fingerprint density at radius 3 is 2.28 bits per heavy atom. The number of aromatic nitrogens is 2. The Morgan fingerprint density at radius 1 is 0.889 bits per heavy atom. The maximum Gasteiger partial charge on any atom is 0.177 e. The number of hydrogen-bond donors (Lipinski definition) is 0. The molecular weight excluding hydrogens is 220 g/mol. The summed E-state index contributed by atoms with van der Waals surface area (Å²) < 4.78 is 1.98. The number of hydrogen-bond acceptors (Lipinski definition) is 1. The number of benzene rings is 2. The molecule has 18 heavy (non-hydrogen) atoms. The molecular formula is C16H13N2. The average Bonchev–Trinajstić information content (AvgIpc) is 2.89. The van der Waals surface area contributed by atoms with Crippen LogP contribution in [0.1, 0.15) is 5.56 Å². The first-order chi connectivity index (χ1) is 8.92. The molecule has 1 radical (unpaired) electrons. The monoisotopic (exact) mass is 233 g/mol. The van der Waals surface area contributed by atoms with Gasteiger partial charge < -0.3 is 4.57 Å². The minimum atomic E-state index is 0.806. The molecule has 0 saturated carbocycles. The van der Waals surface area contributed by atoms with Crippen molar-refractivity contribution >= 4 is 0 Å². The summed E-state index contributed by atoms with van der Waals surface area (Å²) in [6.45, 7) is 0.806. The Labute approximate surface area is 107 Å². The highest BCUT2D eigenvalue weighted by molar-refractivity contribution is 5.57. The van der Waals surface area contributed by atoms with E-state index >= 15 is 0 Å². The van der Waals surface area contributed by atoms with Crippen LogP contribution >= 0.6 is 0 Å². The summed E-state index contributed by atoms with van der Waals surface area (Å²) in [5.74, 6) is 0. The molecule has 0 bridgehead atoms. The Balaban J connectivity index is 1.82. The molecule has 3 rings (SSSR count). The largest absolute Gasteiger partial charge is 0.323 e. The minimum Gasteiger partial charge on any atom is -0.323 e. The van der Waals surface area contributed by atoms with E-state index in [-0.39, 0.29) is 0 Å². The van der Waals surface area contributed by atoms with Gasteiger partial charge in [-0.15, -0.1) is 0 Å². The second-order valence-corrected chi connectivity index (χ2v) is 4.21. The molecule has 87 valence electrons. The molecule has 0 saturated heterocycles. The normalized spacial score (nSPS) is 10.4. The lowest BCUT2D eigenvalue weighted by Crippen LogP contribution is -1.95. The van der Waals surface area contributed by atoms with Gasteiger partial charge in [-0.05, 0) is 5.56 Å². The van der Waals surface area contributed by atoms with Crippen molar-refractivity contribution in [3.63, 3.8) is 0 Å². The van der Waals surface area contributed by atoms with Gasteiger partial charge in [0, 0.05) is 18.3 Å². The van der Waals surface area contributed by atoms with Crippen LogP contribution in [0.2, 0.25) is 0 Å². The van der Waals surface area contributed by atoms with Gasteiger partial charge in [0.25, 0.3) is 0 Å². The van der Waals surface area contributed by atoms with Crippen LogP contribution in [0.3, 0.4) is 0 Å². The second-order valence-electron chi connectivity index (χ2n) is 4.21. The van der Waals surface area contributed by atoms with Gasteiger partial charge in [0.2, 0.25) is 0 Å². The third-order valence-electron chi connectivity index (χ3n) is 2.84. The first kappa shape index (κ1) is 10.8. The van der Waals surface area contributed by atoms with Crippen LogP contribution in [0.15, 0.2) is 66.9 Å². The number of imidazole rings is 1. The molecule has 2 nitrogen and oxygen atoms in total. The lowest BCUT2D eigenvalue weighted by Gasteiger charge is -2.00. The van der Waals surface area contributed by atoms with E-state index < -0.39 is 0 Å². The highest BCUT2D eigenvalue weighted by Crippen LogP contribution is 2.16. The molecule has 3 aromatic rings. The third kappa shape index (κ3) is 2.33. The van der Waals surface area contributed by atoms with Crippen LogP contribution in [-0.2, 0) is 6.54 Å². The summed E-state index contributed by atoms with van der Waals surface area (Å²) >= 11 is 0. The van der Waals surface area contributed by atoms with E-state index in [2.05, 4.69) is 35.6 Å². The summed E-state index contributed by atoms with van der Waals surface area (Å²) in [7, 11) is 0. The lowest BCUT2D eigenvalue weighted by atomic mass is 10.2. The van der Waals surface area contributed by atoms with Crippen LogP contribution in [-0.4, -0.2) is 9.55 Å². The average molecular weight is 233 g/mol. The van der Waals surface area contributed by atoms with Crippen LogP contribution in [0.5, 0.6) is 0 Å². The van der Waals surface area contributed by atoms with Crippen LogP contribution in [0, 0.1) is 6.33 Å². The molecule has 1 heterocycles. The second kappa shape index (κ2) is 4.88. The maximum atomic E-state index is 4.32.